The summed E-state index contributed by atoms with van der Waals surface area (Å²) >= 11 is 1.80. The summed E-state index contributed by atoms with van der Waals surface area (Å²) in [4.78, 5) is 37.1. The Hall–Kier alpha value is -2.45. The second-order valence-corrected chi connectivity index (χ2v) is 9.06. The lowest BCUT2D eigenvalue weighted by Crippen LogP contribution is -2.54. The molecule has 2 fully saturated rings. The monoisotopic (exact) mass is 427 g/mol. The second-order valence-electron chi connectivity index (χ2n) is 8.03. The number of aryl methyl sites for hydroxylation is 1. The minimum absolute atomic E-state index is 0.00999. The average Bonchev–Trinajstić information content (AvgIpc) is 3.45. The van der Waals surface area contributed by atoms with Crippen molar-refractivity contribution in [2.24, 2.45) is 0 Å². The molecular weight excluding hydrogens is 398 g/mol. The van der Waals surface area contributed by atoms with E-state index in [4.69, 9.17) is 0 Å². The molecule has 0 bridgehead atoms. The summed E-state index contributed by atoms with van der Waals surface area (Å²) in [5.41, 5.74) is 1.50. The van der Waals surface area contributed by atoms with Gasteiger partial charge in [0.25, 0.3) is 5.91 Å². The SMILES string of the molecule is Cc1ccc(C(=O)N2CC[C@@H](NC(=O)N3CCN(CCc4cccs4)CC3)C2)cn1. The van der Waals surface area contributed by atoms with Crippen LogP contribution in [0.3, 0.4) is 0 Å². The Labute approximate surface area is 181 Å². The number of carbonyl (C=O) groups is 2. The number of carbonyl (C=O) groups excluding carboxylic acids is 2. The first-order valence-electron chi connectivity index (χ1n) is 10.6. The molecule has 0 radical (unpaired) electrons. The molecule has 4 heterocycles. The molecule has 0 saturated carbocycles. The van der Waals surface area contributed by atoms with Gasteiger partial charge >= 0.3 is 6.03 Å². The number of rotatable bonds is 5. The number of nitrogens with one attached hydrogen (secondary N) is 1. The zero-order chi connectivity index (χ0) is 20.9. The third-order valence-electron chi connectivity index (χ3n) is 5.88. The fourth-order valence-electron chi connectivity index (χ4n) is 4.00. The minimum Gasteiger partial charge on any atom is -0.336 e. The van der Waals surface area contributed by atoms with Gasteiger partial charge in [-0.1, -0.05) is 6.07 Å². The molecule has 2 saturated heterocycles. The Morgan fingerprint density at radius 2 is 1.97 bits per heavy atom. The van der Waals surface area contributed by atoms with Crippen LogP contribution in [0.5, 0.6) is 0 Å². The van der Waals surface area contributed by atoms with Gasteiger partial charge in [0.1, 0.15) is 0 Å². The molecule has 7 nitrogen and oxygen atoms in total. The van der Waals surface area contributed by atoms with Gasteiger partial charge in [-0.15, -0.1) is 11.3 Å². The molecule has 2 aliphatic rings. The van der Waals surface area contributed by atoms with Crippen LogP contribution in [0.4, 0.5) is 4.79 Å². The molecule has 0 aromatic carbocycles. The molecule has 1 atom stereocenters. The van der Waals surface area contributed by atoms with Crippen molar-refractivity contribution in [2.45, 2.75) is 25.8 Å². The molecule has 2 aliphatic heterocycles. The Balaban J connectivity index is 1.19. The van der Waals surface area contributed by atoms with E-state index >= 15 is 0 Å². The first-order valence-corrected chi connectivity index (χ1v) is 11.5. The fraction of sp³-hybridized carbons (Fsp3) is 0.500. The number of pyridine rings is 1. The maximum absolute atomic E-state index is 12.7. The molecule has 2 aromatic heterocycles. The van der Waals surface area contributed by atoms with Crippen molar-refractivity contribution in [1.29, 1.82) is 0 Å². The van der Waals surface area contributed by atoms with E-state index in [1.54, 1.807) is 22.4 Å². The second kappa shape index (κ2) is 9.57. The number of urea groups is 1. The van der Waals surface area contributed by atoms with Crippen LogP contribution in [-0.4, -0.2) is 83.5 Å². The lowest BCUT2D eigenvalue weighted by molar-refractivity contribution is 0.0788. The highest BCUT2D eigenvalue weighted by Crippen LogP contribution is 2.15. The van der Waals surface area contributed by atoms with Crippen LogP contribution in [-0.2, 0) is 6.42 Å². The Bertz CT molecular complexity index is 847. The Morgan fingerprint density at radius 1 is 1.13 bits per heavy atom. The van der Waals surface area contributed by atoms with Gasteiger partial charge in [-0.05, 0) is 43.3 Å². The zero-order valence-corrected chi connectivity index (χ0v) is 18.2. The van der Waals surface area contributed by atoms with Crippen LogP contribution in [0, 0.1) is 6.92 Å². The lowest BCUT2D eigenvalue weighted by Gasteiger charge is -2.35. The first kappa shape index (κ1) is 20.8. The fourth-order valence-corrected chi connectivity index (χ4v) is 4.70. The van der Waals surface area contributed by atoms with Gasteiger partial charge in [0, 0.05) is 68.6 Å². The lowest BCUT2D eigenvalue weighted by atomic mass is 10.2. The number of amides is 3. The van der Waals surface area contributed by atoms with Crippen molar-refractivity contribution in [3.8, 4) is 0 Å². The van der Waals surface area contributed by atoms with Crippen LogP contribution in [0.15, 0.2) is 35.8 Å². The molecule has 30 heavy (non-hydrogen) atoms. The van der Waals surface area contributed by atoms with Crippen molar-refractivity contribution in [2.75, 3.05) is 45.8 Å². The predicted octanol–water partition coefficient (Wildman–Crippen LogP) is 2.24. The van der Waals surface area contributed by atoms with Crippen molar-refractivity contribution >= 4 is 23.3 Å². The molecule has 0 unspecified atom stereocenters. The quantitative estimate of drug-likeness (QED) is 0.795. The van der Waals surface area contributed by atoms with E-state index in [0.717, 1.165) is 51.3 Å². The highest BCUT2D eigenvalue weighted by molar-refractivity contribution is 7.09. The number of likely N-dealkylation sites (tertiary alicyclic amines) is 1. The molecule has 0 spiro atoms. The van der Waals surface area contributed by atoms with Crippen LogP contribution in [0.2, 0.25) is 0 Å². The van der Waals surface area contributed by atoms with Gasteiger partial charge in [0.15, 0.2) is 0 Å². The predicted molar refractivity (Wildman–Crippen MR) is 118 cm³/mol. The largest absolute Gasteiger partial charge is 0.336 e. The van der Waals surface area contributed by atoms with Crippen molar-refractivity contribution in [3.63, 3.8) is 0 Å². The molecule has 160 valence electrons. The molecule has 4 rings (SSSR count). The molecule has 2 aromatic rings. The van der Waals surface area contributed by atoms with E-state index in [9.17, 15) is 9.59 Å². The Kier molecular flexibility index (Phi) is 6.64. The maximum atomic E-state index is 12.7. The molecule has 3 amide bonds. The number of hydrogen-bond donors (Lipinski definition) is 1. The number of piperazine rings is 1. The summed E-state index contributed by atoms with van der Waals surface area (Å²) in [6.07, 6.45) is 3.49. The number of nitrogens with zero attached hydrogens (tertiary/aromatic N) is 4. The number of hydrogen-bond acceptors (Lipinski definition) is 5. The van der Waals surface area contributed by atoms with Gasteiger partial charge in [0.2, 0.25) is 0 Å². The van der Waals surface area contributed by atoms with Crippen molar-refractivity contribution < 1.29 is 9.59 Å². The third kappa shape index (κ3) is 5.17. The van der Waals surface area contributed by atoms with Gasteiger partial charge in [-0.25, -0.2) is 4.79 Å². The molecule has 0 aliphatic carbocycles. The highest BCUT2D eigenvalue weighted by Gasteiger charge is 2.30. The zero-order valence-electron chi connectivity index (χ0n) is 17.4. The number of aromatic nitrogens is 1. The summed E-state index contributed by atoms with van der Waals surface area (Å²) in [7, 11) is 0. The van der Waals surface area contributed by atoms with Gasteiger partial charge in [0.05, 0.1) is 5.56 Å². The van der Waals surface area contributed by atoms with Gasteiger partial charge in [-0.2, -0.15) is 0 Å². The van der Waals surface area contributed by atoms with Gasteiger partial charge < -0.3 is 15.1 Å². The smallest absolute Gasteiger partial charge is 0.317 e. The van der Waals surface area contributed by atoms with E-state index < -0.39 is 0 Å². The highest BCUT2D eigenvalue weighted by atomic mass is 32.1. The first-order chi connectivity index (χ1) is 14.6. The van der Waals surface area contributed by atoms with Crippen molar-refractivity contribution in [3.05, 3.63) is 52.0 Å². The van der Waals surface area contributed by atoms with Crippen LogP contribution < -0.4 is 5.32 Å². The minimum atomic E-state index is -0.0152. The maximum Gasteiger partial charge on any atom is 0.317 e. The summed E-state index contributed by atoms with van der Waals surface area (Å²) in [5, 5.41) is 5.24. The molecular formula is C22H29N5O2S. The summed E-state index contributed by atoms with van der Waals surface area (Å²) in [6.45, 7) is 7.49. The van der Waals surface area contributed by atoms with Crippen LogP contribution in [0.1, 0.15) is 27.3 Å². The van der Waals surface area contributed by atoms with Gasteiger partial charge in [-0.3, -0.25) is 14.7 Å². The summed E-state index contributed by atoms with van der Waals surface area (Å²) in [5.74, 6) is -0.0152. The molecule has 8 heteroatoms. The van der Waals surface area contributed by atoms with Crippen LogP contribution >= 0.6 is 11.3 Å². The Morgan fingerprint density at radius 3 is 2.67 bits per heavy atom. The topological polar surface area (TPSA) is 68.8 Å². The summed E-state index contributed by atoms with van der Waals surface area (Å²) in [6, 6.07) is 7.94. The standard InChI is InChI=1S/C22H29N5O2S/c1-17-4-5-18(15-23-17)21(28)27-9-6-19(16-27)24-22(29)26-12-10-25(11-13-26)8-7-20-3-2-14-30-20/h2-5,14-15,19H,6-13,16H2,1H3,(H,24,29)/t19-/m1/s1. The third-order valence-corrected chi connectivity index (χ3v) is 6.81. The average molecular weight is 428 g/mol. The van der Waals surface area contributed by atoms with Crippen LogP contribution in [0.25, 0.3) is 0 Å². The van der Waals surface area contributed by atoms with E-state index in [-0.39, 0.29) is 18.0 Å². The number of thiophene rings is 1. The van der Waals surface area contributed by atoms with Crippen molar-refractivity contribution in [1.82, 2.24) is 25.0 Å². The van der Waals surface area contributed by atoms with E-state index in [2.05, 4.69) is 32.7 Å². The van der Waals surface area contributed by atoms with E-state index in [1.807, 2.05) is 24.0 Å². The van der Waals surface area contributed by atoms with E-state index in [0.29, 0.717) is 18.7 Å². The summed E-state index contributed by atoms with van der Waals surface area (Å²) < 4.78 is 0. The van der Waals surface area contributed by atoms with E-state index in [1.165, 1.54) is 4.88 Å². The normalized spacial score (nSPS) is 19.8. The molecule has 1 N–H and O–H groups in total.